The summed E-state index contributed by atoms with van der Waals surface area (Å²) in [5.41, 5.74) is 3.99. The summed E-state index contributed by atoms with van der Waals surface area (Å²) in [7, 11) is 1.49. The molecule has 0 saturated heterocycles. The van der Waals surface area contributed by atoms with Crippen molar-refractivity contribution in [3.8, 4) is 5.75 Å². The van der Waals surface area contributed by atoms with Gasteiger partial charge in [0, 0.05) is 7.05 Å². The summed E-state index contributed by atoms with van der Waals surface area (Å²) < 4.78 is 36.6. The van der Waals surface area contributed by atoms with Crippen LogP contribution in [0.15, 0.2) is 18.2 Å². The van der Waals surface area contributed by atoms with Crippen LogP contribution in [-0.4, -0.2) is 12.2 Å². The summed E-state index contributed by atoms with van der Waals surface area (Å²) in [4.78, 5) is 0. The van der Waals surface area contributed by atoms with E-state index in [9.17, 15) is 13.2 Å². The molecule has 0 unspecified atom stereocenters. The molecule has 1 aromatic rings. The minimum absolute atomic E-state index is 0.0117. The summed E-state index contributed by atoms with van der Waals surface area (Å²) in [5, 5.41) is 9.16. The van der Waals surface area contributed by atoms with Crippen molar-refractivity contribution in [2.75, 3.05) is 12.5 Å². The van der Waals surface area contributed by atoms with Crippen LogP contribution in [-0.2, 0) is 6.18 Å². The Morgan fingerprint density at radius 1 is 1.29 bits per heavy atom. The van der Waals surface area contributed by atoms with Crippen LogP contribution < -0.4 is 10.9 Å². The summed E-state index contributed by atoms with van der Waals surface area (Å²) >= 11 is 0. The lowest BCUT2D eigenvalue weighted by Gasteiger charge is -2.11. The smallest absolute Gasteiger partial charge is 0.416 e. The second-order valence-corrected chi connectivity index (χ2v) is 2.60. The van der Waals surface area contributed by atoms with Gasteiger partial charge >= 0.3 is 6.18 Å². The largest absolute Gasteiger partial charge is 0.506 e. The maximum Gasteiger partial charge on any atom is 0.416 e. The molecule has 0 bridgehead atoms. The molecule has 78 valence electrons. The van der Waals surface area contributed by atoms with Crippen LogP contribution in [0.1, 0.15) is 5.56 Å². The molecule has 0 fully saturated rings. The van der Waals surface area contributed by atoms with E-state index in [1.807, 2.05) is 0 Å². The van der Waals surface area contributed by atoms with E-state index in [1.54, 1.807) is 0 Å². The maximum atomic E-state index is 12.2. The van der Waals surface area contributed by atoms with Gasteiger partial charge < -0.3 is 10.5 Å². The molecule has 0 aliphatic heterocycles. The molecule has 0 heterocycles. The monoisotopic (exact) mass is 206 g/mol. The van der Waals surface area contributed by atoms with E-state index in [1.165, 1.54) is 7.05 Å². The van der Waals surface area contributed by atoms with Crippen LogP contribution in [0.3, 0.4) is 0 Å². The molecule has 0 atom stereocenters. The Balaban J connectivity index is 3.06. The Hall–Kier alpha value is -1.43. The zero-order valence-electron chi connectivity index (χ0n) is 7.31. The van der Waals surface area contributed by atoms with Crippen molar-refractivity contribution in [2.24, 2.45) is 0 Å². The van der Waals surface area contributed by atoms with Gasteiger partial charge in [-0.3, -0.25) is 0 Å². The Morgan fingerprint density at radius 2 is 1.93 bits per heavy atom. The number of rotatable bonds is 2. The fraction of sp³-hybridized carbons (Fsp3) is 0.250. The Labute approximate surface area is 78.5 Å². The van der Waals surface area contributed by atoms with Crippen molar-refractivity contribution in [3.05, 3.63) is 23.8 Å². The molecule has 0 aromatic heterocycles. The fourth-order valence-electron chi connectivity index (χ4n) is 0.947. The highest BCUT2D eigenvalue weighted by molar-refractivity contribution is 5.57. The van der Waals surface area contributed by atoms with Crippen molar-refractivity contribution in [1.29, 1.82) is 0 Å². The number of hydrogen-bond donors (Lipinski definition) is 3. The van der Waals surface area contributed by atoms with Gasteiger partial charge in [0.2, 0.25) is 0 Å². The van der Waals surface area contributed by atoms with Gasteiger partial charge in [0.05, 0.1) is 11.3 Å². The number of halogens is 3. The molecular formula is C8H9F3N2O. The first-order chi connectivity index (χ1) is 6.45. The highest BCUT2D eigenvalue weighted by Gasteiger charge is 2.30. The number of phenolic OH excluding ortho intramolecular Hbond substituents is 1. The van der Waals surface area contributed by atoms with E-state index in [0.29, 0.717) is 0 Å². The third-order valence-corrected chi connectivity index (χ3v) is 1.58. The Kier molecular flexibility index (Phi) is 2.85. The molecule has 14 heavy (non-hydrogen) atoms. The average molecular weight is 206 g/mol. The van der Waals surface area contributed by atoms with Crippen molar-refractivity contribution < 1.29 is 18.3 Å². The van der Waals surface area contributed by atoms with Gasteiger partial charge in [-0.2, -0.15) is 13.2 Å². The number of hydrogen-bond acceptors (Lipinski definition) is 3. The number of phenols is 1. The minimum Gasteiger partial charge on any atom is -0.506 e. The molecule has 1 rings (SSSR count). The van der Waals surface area contributed by atoms with Gasteiger partial charge in [0.25, 0.3) is 0 Å². The zero-order valence-corrected chi connectivity index (χ0v) is 7.31. The zero-order chi connectivity index (χ0) is 10.8. The number of benzene rings is 1. The predicted octanol–water partition coefficient (Wildman–Crippen LogP) is 1.96. The minimum atomic E-state index is -4.40. The van der Waals surface area contributed by atoms with E-state index in [2.05, 4.69) is 10.9 Å². The van der Waals surface area contributed by atoms with Gasteiger partial charge in [-0.05, 0) is 18.2 Å². The molecule has 0 spiro atoms. The van der Waals surface area contributed by atoms with Crippen LogP contribution in [0.25, 0.3) is 0 Å². The topological polar surface area (TPSA) is 44.3 Å². The lowest BCUT2D eigenvalue weighted by Crippen LogP contribution is -2.16. The Morgan fingerprint density at radius 3 is 2.43 bits per heavy atom. The first-order valence-electron chi connectivity index (χ1n) is 3.78. The van der Waals surface area contributed by atoms with Gasteiger partial charge in [0.15, 0.2) is 0 Å². The molecule has 0 radical (unpaired) electrons. The summed E-state index contributed by atoms with van der Waals surface area (Å²) in [6.45, 7) is 0. The van der Waals surface area contributed by atoms with E-state index >= 15 is 0 Å². The van der Waals surface area contributed by atoms with E-state index in [0.717, 1.165) is 18.2 Å². The molecule has 0 amide bonds. The molecule has 0 saturated carbocycles. The van der Waals surface area contributed by atoms with Crippen molar-refractivity contribution >= 4 is 5.69 Å². The lowest BCUT2D eigenvalue weighted by molar-refractivity contribution is -0.137. The average Bonchev–Trinajstić information content (AvgIpc) is 2.07. The second-order valence-electron chi connectivity index (χ2n) is 2.60. The molecular weight excluding hydrogens is 197 g/mol. The predicted molar refractivity (Wildman–Crippen MR) is 45.8 cm³/mol. The molecule has 0 aliphatic rings. The number of nitrogens with one attached hydrogen (secondary N) is 2. The van der Waals surface area contributed by atoms with Crippen LogP contribution in [0, 0.1) is 0 Å². The standard InChI is InChI=1S/C8H9F3N2O/c1-12-13-6-4-5(8(9,10)11)2-3-7(6)14/h2-4,12-14H,1H3. The summed E-state index contributed by atoms with van der Waals surface area (Å²) in [6, 6.07) is 2.63. The molecule has 3 N–H and O–H groups in total. The highest BCUT2D eigenvalue weighted by Crippen LogP contribution is 2.33. The van der Waals surface area contributed by atoms with Crippen LogP contribution in [0.4, 0.5) is 18.9 Å². The summed E-state index contributed by atoms with van der Waals surface area (Å²) in [5.74, 6) is -0.243. The Bertz CT molecular complexity index is 325. The SMILES string of the molecule is CNNc1cc(C(F)(F)F)ccc1O. The van der Waals surface area contributed by atoms with Gasteiger partial charge in [-0.25, -0.2) is 5.43 Å². The molecule has 1 aromatic carbocycles. The fourth-order valence-corrected chi connectivity index (χ4v) is 0.947. The third kappa shape index (κ3) is 2.29. The number of aromatic hydroxyl groups is 1. The molecule has 3 nitrogen and oxygen atoms in total. The van der Waals surface area contributed by atoms with Crippen LogP contribution >= 0.6 is 0 Å². The normalized spacial score (nSPS) is 11.4. The molecule has 6 heteroatoms. The number of anilines is 1. The van der Waals surface area contributed by atoms with Crippen molar-refractivity contribution in [3.63, 3.8) is 0 Å². The van der Waals surface area contributed by atoms with Crippen molar-refractivity contribution in [2.45, 2.75) is 6.18 Å². The van der Waals surface area contributed by atoms with E-state index < -0.39 is 11.7 Å². The van der Waals surface area contributed by atoms with Gasteiger partial charge in [0.1, 0.15) is 5.75 Å². The second kappa shape index (κ2) is 3.75. The van der Waals surface area contributed by atoms with Gasteiger partial charge in [-0.15, -0.1) is 0 Å². The highest BCUT2D eigenvalue weighted by atomic mass is 19.4. The van der Waals surface area contributed by atoms with E-state index in [4.69, 9.17) is 5.11 Å². The van der Waals surface area contributed by atoms with Crippen molar-refractivity contribution in [1.82, 2.24) is 5.43 Å². The first kappa shape index (κ1) is 10.6. The van der Waals surface area contributed by atoms with E-state index in [-0.39, 0.29) is 11.4 Å². The number of hydrazine groups is 1. The van der Waals surface area contributed by atoms with Crippen LogP contribution in [0.2, 0.25) is 0 Å². The molecule has 0 aliphatic carbocycles. The van der Waals surface area contributed by atoms with Gasteiger partial charge in [-0.1, -0.05) is 0 Å². The first-order valence-corrected chi connectivity index (χ1v) is 3.78. The summed E-state index contributed by atoms with van der Waals surface area (Å²) in [6.07, 6.45) is -4.40. The quantitative estimate of drug-likeness (QED) is 0.512. The lowest BCUT2D eigenvalue weighted by atomic mass is 10.2. The van der Waals surface area contributed by atoms with Crippen LogP contribution in [0.5, 0.6) is 5.75 Å². The third-order valence-electron chi connectivity index (χ3n) is 1.58. The number of alkyl halides is 3. The maximum absolute atomic E-state index is 12.2.